The van der Waals surface area contributed by atoms with Crippen LogP contribution in [0, 0.1) is 0 Å². The number of likely N-dealkylation sites (tertiary alicyclic amines) is 1. The molecule has 0 radical (unpaired) electrons. The highest BCUT2D eigenvalue weighted by atomic mass is 16.5. The summed E-state index contributed by atoms with van der Waals surface area (Å²) in [5.74, 6) is 1.23. The molecule has 4 aromatic rings. The first-order chi connectivity index (χ1) is 18.2. The van der Waals surface area contributed by atoms with Crippen molar-refractivity contribution in [1.82, 2.24) is 19.7 Å². The Kier molecular flexibility index (Phi) is 7.05. The van der Waals surface area contributed by atoms with E-state index in [-0.39, 0.29) is 12.0 Å². The van der Waals surface area contributed by atoms with Crippen LogP contribution in [0.15, 0.2) is 61.1 Å². The van der Waals surface area contributed by atoms with Crippen LogP contribution in [0.25, 0.3) is 21.9 Å². The van der Waals surface area contributed by atoms with Gasteiger partial charge in [-0.15, -0.1) is 0 Å². The summed E-state index contributed by atoms with van der Waals surface area (Å²) in [5.41, 5.74) is 2.47. The molecule has 0 spiro atoms. The van der Waals surface area contributed by atoms with E-state index in [1.54, 1.807) is 48.9 Å². The lowest BCUT2D eigenvalue weighted by atomic mass is 10.0. The number of fused-ring (bicyclic) bond motifs is 1. The molecule has 1 fully saturated rings. The van der Waals surface area contributed by atoms with Gasteiger partial charge in [-0.2, -0.15) is 5.10 Å². The SMILES string of the molecule is CCOc1cc(C(=O)N2CC(OC)C2)ccc1Nc1cc2cc(-c3cnn(CC(C)(C)O)c3)ccc2cn1. The zero-order valence-electron chi connectivity index (χ0n) is 22.1. The molecule has 9 heteroatoms. The van der Waals surface area contributed by atoms with Gasteiger partial charge in [0.2, 0.25) is 0 Å². The van der Waals surface area contributed by atoms with Gasteiger partial charge in [0.1, 0.15) is 11.6 Å². The maximum absolute atomic E-state index is 12.8. The molecule has 9 nitrogen and oxygen atoms in total. The normalized spacial score (nSPS) is 14.0. The molecule has 2 N–H and O–H groups in total. The van der Waals surface area contributed by atoms with Crippen LogP contribution in [0.4, 0.5) is 11.5 Å². The Morgan fingerprint density at radius 3 is 2.66 bits per heavy atom. The fourth-order valence-corrected chi connectivity index (χ4v) is 4.49. The second-order valence-corrected chi connectivity index (χ2v) is 10.2. The molecule has 1 saturated heterocycles. The number of amides is 1. The van der Waals surface area contributed by atoms with Crippen LogP contribution in [-0.4, -0.2) is 69.2 Å². The monoisotopic (exact) mass is 515 g/mol. The van der Waals surface area contributed by atoms with Crippen molar-refractivity contribution in [3.63, 3.8) is 0 Å². The first kappa shape index (κ1) is 25.7. The summed E-state index contributed by atoms with van der Waals surface area (Å²) in [5, 5.41) is 19.9. The van der Waals surface area contributed by atoms with E-state index in [2.05, 4.69) is 21.5 Å². The Balaban J connectivity index is 1.37. The Bertz CT molecular complexity index is 1450. The summed E-state index contributed by atoms with van der Waals surface area (Å²) >= 11 is 0. The maximum atomic E-state index is 12.8. The van der Waals surface area contributed by atoms with Crippen molar-refractivity contribution in [3.8, 4) is 16.9 Å². The minimum atomic E-state index is -0.841. The van der Waals surface area contributed by atoms with Gasteiger partial charge in [0, 0.05) is 49.1 Å². The lowest BCUT2D eigenvalue weighted by Gasteiger charge is -2.38. The minimum Gasteiger partial charge on any atom is -0.492 e. The van der Waals surface area contributed by atoms with Crippen LogP contribution in [0.3, 0.4) is 0 Å². The molecular formula is C29H33N5O4. The highest BCUT2D eigenvalue weighted by Crippen LogP contribution is 2.31. The lowest BCUT2D eigenvalue weighted by molar-refractivity contribution is -0.0192. The van der Waals surface area contributed by atoms with Crippen molar-refractivity contribution in [2.75, 3.05) is 32.1 Å². The topological polar surface area (TPSA) is 102 Å². The molecule has 5 rings (SSSR count). The molecule has 1 aliphatic rings. The maximum Gasteiger partial charge on any atom is 0.254 e. The second kappa shape index (κ2) is 10.4. The molecule has 0 bridgehead atoms. The van der Waals surface area contributed by atoms with Gasteiger partial charge in [-0.25, -0.2) is 4.98 Å². The van der Waals surface area contributed by atoms with E-state index in [0.29, 0.717) is 43.4 Å². The lowest BCUT2D eigenvalue weighted by Crippen LogP contribution is -2.54. The number of aromatic nitrogens is 3. The molecule has 2 aromatic heterocycles. The number of benzene rings is 2. The third-order valence-corrected chi connectivity index (χ3v) is 6.50. The van der Waals surface area contributed by atoms with Crippen LogP contribution in [-0.2, 0) is 11.3 Å². The number of nitrogens with one attached hydrogen (secondary N) is 1. The fraction of sp³-hybridized carbons (Fsp3) is 0.345. The molecule has 2 aromatic carbocycles. The van der Waals surface area contributed by atoms with E-state index in [0.717, 1.165) is 27.6 Å². The zero-order chi connectivity index (χ0) is 26.9. The average Bonchev–Trinajstić information content (AvgIpc) is 3.31. The molecule has 198 valence electrons. The number of hydrogen-bond donors (Lipinski definition) is 2. The predicted octanol–water partition coefficient (Wildman–Crippen LogP) is 4.48. The van der Waals surface area contributed by atoms with E-state index in [4.69, 9.17) is 9.47 Å². The predicted molar refractivity (Wildman–Crippen MR) is 147 cm³/mol. The summed E-state index contributed by atoms with van der Waals surface area (Å²) in [6, 6.07) is 13.6. The number of anilines is 2. The van der Waals surface area contributed by atoms with Crippen LogP contribution in [0.2, 0.25) is 0 Å². The van der Waals surface area contributed by atoms with Crippen LogP contribution < -0.4 is 10.1 Å². The largest absolute Gasteiger partial charge is 0.492 e. The van der Waals surface area contributed by atoms with Crippen LogP contribution >= 0.6 is 0 Å². The highest BCUT2D eigenvalue weighted by molar-refractivity contribution is 5.96. The van der Waals surface area contributed by atoms with Gasteiger partial charge in [0.25, 0.3) is 5.91 Å². The van der Waals surface area contributed by atoms with Gasteiger partial charge in [0.15, 0.2) is 0 Å². The van der Waals surface area contributed by atoms with Crippen molar-refractivity contribution in [1.29, 1.82) is 0 Å². The number of aliphatic hydroxyl groups is 1. The van der Waals surface area contributed by atoms with Gasteiger partial charge in [-0.3, -0.25) is 9.48 Å². The summed E-state index contributed by atoms with van der Waals surface area (Å²) < 4.78 is 12.9. The molecule has 3 heterocycles. The number of carbonyl (C=O) groups is 1. The van der Waals surface area contributed by atoms with Crippen molar-refractivity contribution in [2.45, 2.75) is 39.0 Å². The average molecular weight is 516 g/mol. The van der Waals surface area contributed by atoms with Gasteiger partial charge in [-0.1, -0.05) is 12.1 Å². The number of methoxy groups -OCH3 is 1. The number of ether oxygens (including phenoxy) is 2. The molecule has 38 heavy (non-hydrogen) atoms. The van der Waals surface area contributed by atoms with E-state index in [1.165, 1.54) is 0 Å². The first-order valence-corrected chi connectivity index (χ1v) is 12.7. The molecule has 0 saturated carbocycles. The Labute approximate surface area is 222 Å². The van der Waals surface area contributed by atoms with E-state index in [1.807, 2.05) is 43.6 Å². The minimum absolute atomic E-state index is 0.0342. The molecular weight excluding hydrogens is 482 g/mol. The summed E-state index contributed by atoms with van der Waals surface area (Å²) in [7, 11) is 1.66. The van der Waals surface area contributed by atoms with Gasteiger partial charge < -0.3 is 24.8 Å². The van der Waals surface area contributed by atoms with Crippen molar-refractivity contribution < 1.29 is 19.4 Å². The van der Waals surface area contributed by atoms with Gasteiger partial charge in [-0.05, 0) is 62.1 Å². The van der Waals surface area contributed by atoms with E-state index in [9.17, 15) is 9.90 Å². The van der Waals surface area contributed by atoms with Gasteiger partial charge in [0.05, 0.1) is 36.7 Å². The molecule has 1 aliphatic heterocycles. The second-order valence-electron chi connectivity index (χ2n) is 10.2. The highest BCUT2D eigenvalue weighted by Gasteiger charge is 2.31. The smallest absolute Gasteiger partial charge is 0.254 e. The number of pyridine rings is 1. The first-order valence-electron chi connectivity index (χ1n) is 12.7. The summed E-state index contributed by atoms with van der Waals surface area (Å²) in [6.07, 6.45) is 5.68. The standard InChI is InChI=1S/C29H33N5O4/c1-5-38-26-11-20(28(35)33-16-24(17-33)37-4)8-9-25(26)32-27-12-22-10-19(6-7-21(22)13-30-27)23-14-31-34(15-23)18-29(2,3)36/h6-15,24,36H,5,16-18H2,1-4H3,(H,30,32). The summed E-state index contributed by atoms with van der Waals surface area (Å²) in [6.45, 7) is 7.52. The Morgan fingerprint density at radius 1 is 1.11 bits per heavy atom. The third kappa shape index (κ3) is 5.64. The fourth-order valence-electron chi connectivity index (χ4n) is 4.49. The Hall–Kier alpha value is -3.95. The van der Waals surface area contributed by atoms with Crippen LogP contribution in [0.5, 0.6) is 5.75 Å². The number of carbonyl (C=O) groups excluding carboxylic acids is 1. The van der Waals surface area contributed by atoms with Crippen molar-refractivity contribution in [2.24, 2.45) is 0 Å². The molecule has 0 atom stereocenters. The van der Waals surface area contributed by atoms with E-state index >= 15 is 0 Å². The molecule has 0 aliphatic carbocycles. The quantitative estimate of drug-likeness (QED) is 0.339. The number of nitrogens with zero attached hydrogens (tertiary/aromatic N) is 4. The van der Waals surface area contributed by atoms with Crippen molar-refractivity contribution >= 4 is 28.2 Å². The van der Waals surface area contributed by atoms with E-state index < -0.39 is 5.60 Å². The summed E-state index contributed by atoms with van der Waals surface area (Å²) in [4.78, 5) is 19.2. The van der Waals surface area contributed by atoms with Crippen molar-refractivity contribution in [3.05, 3.63) is 66.6 Å². The Morgan fingerprint density at radius 2 is 1.92 bits per heavy atom. The molecule has 0 unspecified atom stereocenters. The van der Waals surface area contributed by atoms with Gasteiger partial charge >= 0.3 is 0 Å². The van der Waals surface area contributed by atoms with Crippen LogP contribution in [0.1, 0.15) is 31.1 Å². The third-order valence-electron chi connectivity index (χ3n) is 6.50. The molecule has 1 amide bonds. The number of rotatable bonds is 9. The zero-order valence-corrected chi connectivity index (χ0v) is 22.1. The number of hydrogen-bond acceptors (Lipinski definition) is 7.